The van der Waals surface area contributed by atoms with Gasteiger partial charge in [0.15, 0.2) is 0 Å². The number of amides is 1. The van der Waals surface area contributed by atoms with E-state index >= 15 is 0 Å². The molecule has 0 aliphatic carbocycles. The van der Waals surface area contributed by atoms with E-state index in [4.69, 9.17) is 28.0 Å². The zero-order valence-electron chi connectivity index (χ0n) is 14.8. The van der Waals surface area contributed by atoms with Gasteiger partial charge in [-0.15, -0.1) is 0 Å². The van der Waals surface area contributed by atoms with Gasteiger partial charge in [0, 0.05) is 6.20 Å². The van der Waals surface area contributed by atoms with Crippen molar-refractivity contribution in [2.75, 3.05) is 6.54 Å². The SMILES string of the molecule is CC(C)ON=C(CNC(=O)c1ccccc1C(F)(F)F)c1ncc(Cl)cc1Cl. The third-order valence-electron chi connectivity index (χ3n) is 3.35. The predicted molar refractivity (Wildman–Crippen MR) is 101 cm³/mol. The van der Waals surface area contributed by atoms with E-state index in [2.05, 4.69) is 15.5 Å². The first-order valence-electron chi connectivity index (χ1n) is 8.08. The number of halogens is 5. The molecule has 1 aromatic heterocycles. The van der Waals surface area contributed by atoms with Crippen LogP contribution in [0.2, 0.25) is 10.0 Å². The van der Waals surface area contributed by atoms with Crippen LogP contribution in [0.15, 0.2) is 41.7 Å². The largest absolute Gasteiger partial charge is 0.417 e. The molecule has 0 aliphatic heterocycles. The van der Waals surface area contributed by atoms with Crippen molar-refractivity contribution >= 4 is 34.8 Å². The van der Waals surface area contributed by atoms with Crippen molar-refractivity contribution in [1.29, 1.82) is 0 Å². The molecule has 28 heavy (non-hydrogen) atoms. The summed E-state index contributed by atoms with van der Waals surface area (Å²) in [5, 5.41) is 6.75. The number of nitrogens with one attached hydrogen (secondary N) is 1. The molecule has 0 aliphatic rings. The monoisotopic (exact) mass is 433 g/mol. The van der Waals surface area contributed by atoms with Gasteiger partial charge in [0.1, 0.15) is 17.5 Å². The van der Waals surface area contributed by atoms with Crippen LogP contribution in [0, 0.1) is 0 Å². The second-order valence-electron chi connectivity index (χ2n) is 5.90. The molecular formula is C18H16Cl2F3N3O2. The fourth-order valence-corrected chi connectivity index (χ4v) is 2.63. The third-order valence-corrected chi connectivity index (χ3v) is 3.84. The minimum atomic E-state index is -4.66. The first-order chi connectivity index (χ1) is 13.1. The molecule has 0 spiro atoms. The van der Waals surface area contributed by atoms with Crippen molar-refractivity contribution in [2.45, 2.75) is 26.1 Å². The van der Waals surface area contributed by atoms with Crippen molar-refractivity contribution in [3.63, 3.8) is 0 Å². The van der Waals surface area contributed by atoms with Crippen molar-refractivity contribution in [3.05, 3.63) is 63.4 Å². The summed E-state index contributed by atoms with van der Waals surface area (Å²) < 4.78 is 39.3. The van der Waals surface area contributed by atoms with E-state index in [-0.39, 0.29) is 29.1 Å². The van der Waals surface area contributed by atoms with Crippen LogP contribution in [0.1, 0.15) is 35.5 Å². The molecule has 1 heterocycles. The highest BCUT2D eigenvalue weighted by Crippen LogP contribution is 2.31. The summed E-state index contributed by atoms with van der Waals surface area (Å²) in [6, 6.07) is 5.91. The number of alkyl halides is 3. The quantitative estimate of drug-likeness (QED) is 0.516. The molecule has 5 nitrogen and oxygen atoms in total. The van der Waals surface area contributed by atoms with E-state index in [9.17, 15) is 18.0 Å². The highest BCUT2D eigenvalue weighted by atomic mass is 35.5. The van der Waals surface area contributed by atoms with Gasteiger partial charge >= 0.3 is 6.18 Å². The molecule has 150 valence electrons. The number of benzene rings is 1. The van der Waals surface area contributed by atoms with E-state index < -0.39 is 23.2 Å². The average molecular weight is 434 g/mol. The van der Waals surface area contributed by atoms with Gasteiger partial charge in [0.2, 0.25) is 0 Å². The minimum Gasteiger partial charge on any atom is -0.393 e. The molecule has 1 aromatic carbocycles. The Hall–Kier alpha value is -2.32. The molecule has 2 aromatic rings. The number of hydrogen-bond acceptors (Lipinski definition) is 4. The molecule has 0 bridgehead atoms. The van der Waals surface area contributed by atoms with Crippen molar-refractivity contribution in [3.8, 4) is 0 Å². The smallest absolute Gasteiger partial charge is 0.393 e. The summed E-state index contributed by atoms with van der Waals surface area (Å²) >= 11 is 11.9. The summed E-state index contributed by atoms with van der Waals surface area (Å²) in [6.45, 7) is 3.21. The highest BCUT2D eigenvalue weighted by Gasteiger charge is 2.34. The summed E-state index contributed by atoms with van der Waals surface area (Å²) in [6.07, 6.45) is -3.61. The zero-order valence-corrected chi connectivity index (χ0v) is 16.4. The number of hydrogen-bond donors (Lipinski definition) is 1. The fourth-order valence-electron chi connectivity index (χ4n) is 2.14. The molecule has 2 rings (SSSR count). The van der Waals surface area contributed by atoms with E-state index in [0.29, 0.717) is 5.02 Å². The van der Waals surface area contributed by atoms with Crippen molar-refractivity contribution in [2.24, 2.45) is 5.16 Å². The van der Waals surface area contributed by atoms with Crippen LogP contribution >= 0.6 is 23.2 Å². The predicted octanol–water partition coefficient (Wildman–Crippen LogP) is 4.97. The topological polar surface area (TPSA) is 63.6 Å². The van der Waals surface area contributed by atoms with Crippen molar-refractivity contribution in [1.82, 2.24) is 10.3 Å². The highest BCUT2D eigenvalue weighted by molar-refractivity contribution is 6.36. The van der Waals surface area contributed by atoms with Crippen molar-refractivity contribution < 1.29 is 22.8 Å². The molecule has 0 saturated heterocycles. The molecule has 0 radical (unpaired) electrons. The van der Waals surface area contributed by atoms with Crippen LogP contribution in [0.3, 0.4) is 0 Å². The number of carbonyl (C=O) groups excluding carboxylic acids is 1. The maximum absolute atomic E-state index is 13.1. The second-order valence-corrected chi connectivity index (χ2v) is 6.75. The van der Waals surface area contributed by atoms with E-state index in [1.807, 2.05) is 0 Å². The second kappa shape index (κ2) is 9.25. The molecular weight excluding hydrogens is 418 g/mol. The normalized spacial score (nSPS) is 12.2. The van der Waals surface area contributed by atoms with Gasteiger partial charge in [-0.1, -0.05) is 40.5 Å². The summed E-state index contributed by atoms with van der Waals surface area (Å²) in [5.41, 5.74) is -1.22. The van der Waals surface area contributed by atoms with Crippen LogP contribution < -0.4 is 5.32 Å². The van der Waals surface area contributed by atoms with Gasteiger partial charge in [-0.3, -0.25) is 9.78 Å². The van der Waals surface area contributed by atoms with Crippen LogP contribution in [0.25, 0.3) is 0 Å². The van der Waals surface area contributed by atoms with E-state index in [1.165, 1.54) is 24.4 Å². The van der Waals surface area contributed by atoms with Gasteiger partial charge in [0.25, 0.3) is 5.91 Å². The molecule has 0 fully saturated rings. The van der Waals surface area contributed by atoms with Gasteiger partial charge in [-0.05, 0) is 32.0 Å². The van der Waals surface area contributed by atoms with Crippen LogP contribution in [-0.2, 0) is 11.0 Å². The number of carbonyl (C=O) groups is 1. The van der Waals surface area contributed by atoms with Crippen LogP contribution in [0.4, 0.5) is 13.2 Å². The Balaban J connectivity index is 2.27. The summed E-state index contributed by atoms with van der Waals surface area (Å²) in [4.78, 5) is 21.6. The summed E-state index contributed by atoms with van der Waals surface area (Å²) in [5.74, 6) is -0.921. The lowest BCUT2D eigenvalue weighted by Gasteiger charge is -2.14. The van der Waals surface area contributed by atoms with E-state index in [1.54, 1.807) is 13.8 Å². The van der Waals surface area contributed by atoms with Gasteiger partial charge < -0.3 is 10.2 Å². The lowest BCUT2D eigenvalue weighted by molar-refractivity contribution is -0.137. The Bertz CT molecular complexity index is 887. The van der Waals surface area contributed by atoms with Gasteiger partial charge in [0.05, 0.1) is 27.7 Å². The van der Waals surface area contributed by atoms with Crippen LogP contribution in [0.5, 0.6) is 0 Å². The molecule has 1 amide bonds. The molecule has 0 saturated carbocycles. The molecule has 10 heteroatoms. The Kier molecular flexibility index (Phi) is 7.26. The standard InChI is InChI=1S/C18H16Cl2F3N3O2/c1-10(2)28-26-15(16-14(20)7-11(19)8-24-16)9-25-17(27)12-5-3-4-6-13(12)18(21,22)23/h3-8,10H,9H2,1-2H3,(H,25,27). The number of pyridine rings is 1. The average Bonchev–Trinajstić information content (AvgIpc) is 2.61. The number of oxime groups is 1. The first-order valence-corrected chi connectivity index (χ1v) is 8.83. The number of nitrogens with zero attached hydrogens (tertiary/aromatic N) is 2. The Morgan fingerprint density at radius 3 is 2.57 bits per heavy atom. The Morgan fingerprint density at radius 2 is 1.96 bits per heavy atom. The zero-order chi connectivity index (χ0) is 20.9. The maximum atomic E-state index is 13.1. The third kappa shape index (κ3) is 5.84. The van der Waals surface area contributed by atoms with Gasteiger partial charge in [-0.2, -0.15) is 13.2 Å². The number of rotatable bonds is 6. The van der Waals surface area contributed by atoms with Crippen LogP contribution in [-0.4, -0.2) is 29.3 Å². The molecule has 1 N–H and O–H groups in total. The maximum Gasteiger partial charge on any atom is 0.417 e. The number of aromatic nitrogens is 1. The van der Waals surface area contributed by atoms with Gasteiger partial charge in [-0.25, -0.2) is 0 Å². The fraction of sp³-hybridized carbons (Fsp3) is 0.278. The lowest BCUT2D eigenvalue weighted by Crippen LogP contribution is -2.32. The van der Waals surface area contributed by atoms with E-state index in [0.717, 1.165) is 12.1 Å². The minimum absolute atomic E-state index is 0.133. The first kappa shape index (κ1) is 22.0. The molecule has 0 unspecified atom stereocenters. The summed E-state index contributed by atoms with van der Waals surface area (Å²) in [7, 11) is 0. The Labute approximate surface area is 169 Å². The Morgan fingerprint density at radius 1 is 1.29 bits per heavy atom. The lowest BCUT2D eigenvalue weighted by atomic mass is 10.1. The molecule has 0 atom stereocenters.